The zero-order chi connectivity index (χ0) is 21.0. The number of ether oxygens (including phenoxy) is 1. The number of hydrogen-bond donors (Lipinski definition) is 0. The topological polar surface area (TPSA) is 92.7 Å². The maximum atomic E-state index is 14.5. The summed E-state index contributed by atoms with van der Waals surface area (Å²) in [5.41, 5.74) is 2.83. The number of fused-ring (bicyclic) bond motifs is 3. The lowest BCUT2D eigenvalue weighted by Crippen LogP contribution is -2.22. The molecule has 0 saturated carbocycles. The lowest BCUT2D eigenvalue weighted by molar-refractivity contribution is 0.417. The molecule has 0 saturated heterocycles. The van der Waals surface area contributed by atoms with Gasteiger partial charge in [-0.1, -0.05) is 0 Å². The fourth-order valence-electron chi connectivity index (χ4n) is 3.65. The number of imidazole rings is 1. The van der Waals surface area contributed by atoms with Crippen LogP contribution < -0.4 is 10.4 Å². The highest BCUT2D eigenvalue weighted by atomic mass is 35.5. The number of rotatable bonds is 3. The van der Waals surface area contributed by atoms with E-state index < -0.39 is 11.5 Å². The number of methoxy groups -OCH3 is 1. The summed E-state index contributed by atoms with van der Waals surface area (Å²) in [6, 6.07) is 3.66. The zero-order valence-electron chi connectivity index (χ0n) is 16.8. The lowest BCUT2D eigenvalue weighted by atomic mass is 10.0. The highest BCUT2D eigenvalue weighted by Crippen LogP contribution is 2.36. The molecule has 0 bridgehead atoms. The van der Waals surface area contributed by atoms with Crippen LogP contribution in [0.5, 0.6) is 5.75 Å². The molecular formula is C20H17ClFN7O2. The lowest BCUT2D eigenvalue weighted by Gasteiger charge is -2.11. The van der Waals surface area contributed by atoms with E-state index in [4.69, 9.17) is 4.74 Å². The molecule has 0 aliphatic heterocycles. The van der Waals surface area contributed by atoms with Crippen molar-refractivity contribution in [1.82, 2.24) is 33.9 Å². The minimum atomic E-state index is -0.696. The number of hydrogen-bond acceptors (Lipinski definition) is 6. The van der Waals surface area contributed by atoms with Crippen LogP contribution in [-0.2, 0) is 14.1 Å². The molecule has 0 atom stereocenters. The number of halogens is 2. The van der Waals surface area contributed by atoms with E-state index in [1.807, 2.05) is 19.3 Å². The van der Waals surface area contributed by atoms with Gasteiger partial charge in [0.15, 0.2) is 11.6 Å². The molecular weight excluding hydrogens is 425 g/mol. The summed E-state index contributed by atoms with van der Waals surface area (Å²) in [6.07, 6.45) is 7.40. The molecule has 4 heterocycles. The Morgan fingerprint density at radius 1 is 1.10 bits per heavy atom. The van der Waals surface area contributed by atoms with E-state index >= 15 is 0 Å². The Bertz CT molecular complexity index is 1510. The van der Waals surface area contributed by atoms with E-state index in [1.165, 1.54) is 15.5 Å². The van der Waals surface area contributed by atoms with Gasteiger partial charge in [0.1, 0.15) is 12.1 Å². The molecule has 0 spiro atoms. The molecule has 1 aromatic carbocycles. The number of pyridine rings is 1. The third-order valence-electron chi connectivity index (χ3n) is 5.08. The molecule has 5 rings (SSSR count). The van der Waals surface area contributed by atoms with Crippen LogP contribution in [-0.4, -0.2) is 41.0 Å². The highest BCUT2D eigenvalue weighted by molar-refractivity contribution is 6.05. The van der Waals surface area contributed by atoms with Gasteiger partial charge >= 0.3 is 5.69 Å². The van der Waals surface area contributed by atoms with Crippen molar-refractivity contribution in [3.63, 3.8) is 0 Å². The van der Waals surface area contributed by atoms with E-state index in [1.54, 1.807) is 37.3 Å². The predicted octanol–water partition coefficient (Wildman–Crippen LogP) is 2.64. The van der Waals surface area contributed by atoms with Gasteiger partial charge in [-0.3, -0.25) is 14.2 Å². The Morgan fingerprint density at radius 3 is 2.58 bits per heavy atom. The summed E-state index contributed by atoms with van der Waals surface area (Å²) in [5, 5.41) is 4.88. The van der Waals surface area contributed by atoms with Crippen LogP contribution in [0.4, 0.5) is 4.39 Å². The molecule has 0 fully saturated rings. The molecule has 0 radical (unpaired) electrons. The Balaban J connectivity index is 0.00000231. The Morgan fingerprint density at radius 2 is 1.90 bits per heavy atom. The molecule has 0 N–H and O–H groups in total. The second-order valence-corrected chi connectivity index (χ2v) is 6.84. The largest absolute Gasteiger partial charge is 0.496 e. The molecule has 0 aliphatic rings. The number of aryl methyl sites for hydroxylation is 2. The predicted molar refractivity (Wildman–Crippen MR) is 115 cm³/mol. The highest BCUT2D eigenvalue weighted by Gasteiger charge is 2.21. The van der Waals surface area contributed by atoms with Crippen LogP contribution in [0.25, 0.3) is 38.9 Å². The minimum absolute atomic E-state index is 0. The zero-order valence-corrected chi connectivity index (χ0v) is 17.6. The van der Waals surface area contributed by atoms with Gasteiger partial charge in [0.05, 0.1) is 42.3 Å². The van der Waals surface area contributed by atoms with Gasteiger partial charge in [-0.05, 0) is 6.07 Å². The normalized spacial score (nSPS) is 11.1. The van der Waals surface area contributed by atoms with E-state index in [0.29, 0.717) is 27.7 Å². The van der Waals surface area contributed by atoms with Gasteiger partial charge < -0.3 is 4.74 Å². The van der Waals surface area contributed by atoms with Crippen molar-refractivity contribution in [3.05, 3.63) is 59.5 Å². The summed E-state index contributed by atoms with van der Waals surface area (Å²) in [4.78, 5) is 25.2. The smallest absolute Gasteiger partial charge is 0.334 e. The SMILES string of the molecule is COc1cc2ncc3c(c2cc1-c1cnn(C)c1)n(-c1ncncc1F)c(=O)n3C.Cl. The fraction of sp³-hybridized carbons (Fsp3) is 0.150. The molecule has 9 nitrogen and oxygen atoms in total. The first-order valence-electron chi connectivity index (χ1n) is 9.02. The summed E-state index contributed by atoms with van der Waals surface area (Å²) >= 11 is 0. The van der Waals surface area contributed by atoms with Crippen LogP contribution in [0.3, 0.4) is 0 Å². The molecule has 11 heteroatoms. The van der Waals surface area contributed by atoms with Gasteiger partial charge in [-0.15, -0.1) is 12.4 Å². The van der Waals surface area contributed by atoms with Crippen molar-refractivity contribution >= 4 is 34.3 Å². The summed E-state index contributed by atoms with van der Waals surface area (Å²) < 4.78 is 24.4. The summed E-state index contributed by atoms with van der Waals surface area (Å²) in [6.45, 7) is 0. The molecule has 158 valence electrons. The maximum absolute atomic E-state index is 14.5. The van der Waals surface area contributed by atoms with Gasteiger partial charge in [0.25, 0.3) is 0 Å². The van der Waals surface area contributed by atoms with Gasteiger partial charge in [0, 0.05) is 42.9 Å². The van der Waals surface area contributed by atoms with Crippen LogP contribution >= 0.6 is 12.4 Å². The van der Waals surface area contributed by atoms with Crippen LogP contribution in [0.15, 0.2) is 48.0 Å². The second kappa shape index (κ2) is 7.47. The van der Waals surface area contributed by atoms with Crippen LogP contribution in [0.1, 0.15) is 0 Å². The van der Waals surface area contributed by atoms with Gasteiger partial charge in [-0.25, -0.2) is 23.7 Å². The van der Waals surface area contributed by atoms with E-state index in [2.05, 4.69) is 20.1 Å². The van der Waals surface area contributed by atoms with E-state index in [9.17, 15) is 9.18 Å². The second-order valence-electron chi connectivity index (χ2n) is 6.84. The van der Waals surface area contributed by atoms with Crippen LogP contribution in [0, 0.1) is 5.82 Å². The van der Waals surface area contributed by atoms with Crippen molar-refractivity contribution in [2.45, 2.75) is 0 Å². The minimum Gasteiger partial charge on any atom is -0.496 e. The van der Waals surface area contributed by atoms with E-state index in [-0.39, 0.29) is 18.2 Å². The average molecular weight is 442 g/mol. The first kappa shape index (κ1) is 20.5. The molecule has 4 aromatic heterocycles. The van der Waals surface area contributed by atoms with E-state index in [0.717, 1.165) is 17.3 Å². The average Bonchev–Trinajstić information content (AvgIpc) is 3.29. The first-order chi connectivity index (χ1) is 14.5. The standard InChI is InChI=1S/C20H16FN7O2.ClH/c1-26-9-11(6-25-26)12-4-13-15(5-17(12)30-3)23-8-16-18(13)28(20(29)27(16)2)19-14(21)7-22-10-24-19;/h4-10H,1-3H3;1H. The van der Waals surface area contributed by atoms with Crippen molar-refractivity contribution in [1.29, 1.82) is 0 Å². The van der Waals surface area contributed by atoms with Crippen LogP contribution in [0.2, 0.25) is 0 Å². The van der Waals surface area contributed by atoms with Gasteiger partial charge in [-0.2, -0.15) is 5.10 Å². The third kappa shape index (κ3) is 3.03. The Kier molecular flexibility index (Phi) is 4.94. The number of aromatic nitrogens is 7. The monoisotopic (exact) mass is 441 g/mol. The Labute approximate surface area is 181 Å². The molecule has 31 heavy (non-hydrogen) atoms. The molecule has 0 unspecified atom stereocenters. The number of benzene rings is 1. The van der Waals surface area contributed by atoms with Crippen molar-refractivity contribution in [2.75, 3.05) is 7.11 Å². The maximum Gasteiger partial charge on any atom is 0.334 e. The third-order valence-corrected chi connectivity index (χ3v) is 5.08. The quantitative estimate of drug-likeness (QED) is 0.427. The van der Waals surface area contributed by atoms with Gasteiger partial charge in [0.2, 0.25) is 0 Å². The van der Waals surface area contributed by atoms with Crippen molar-refractivity contribution < 1.29 is 9.13 Å². The van der Waals surface area contributed by atoms with Crippen molar-refractivity contribution in [3.8, 4) is 22.7 Å². The van der Waals surface area contributed by atoms with Crippen molar-refractivity contribution in [2.24, 2.45) is 14.1 Å². The summed E-state index contributed by atoms with van der Waals surface area (Å²) in [5.74, 6) is -0.203. The summed E-state index contributed by atoms with van der Waals surface area (Å²) in [7, 11) is 5.01. The fourth-order valence-corrected chi connectivity index (χ4v) is 3.65. The molecule has 0 aliphatic carbocycles. The number of nitrogens with zero attached hydrogens (tertiary/aromatic N) is 7. The molecule has 5 aromatic rings. The molecule has 0 amide bonds. The first-order valence-corrected chi connectivity index (χ1v) is 9.02. The Hall–Kier alpha value is -3.79.